The van der Waals surface area contributed by atoms with Crippen molar-refractivity contribution in [2.45, 2.75) is 37.3 Å². The smallest absolute Gasteiger partial charge is 0.338 e. The summed E-state index contributed by atoms with van der Waals surface area (Å²) in [6.45, 7) is -0.306. The molecule has 0 atom stereocenters. The number of likely N-dealkylation sites (tertiary alicyclic amines) is 1. The summed E-state index contributed by atoms with van der Waals surface area (Å²) in [5.74, 6) is -1.53. The average Bonchev–Trinajstić information content (AvgIpc) is 3.16. The number of halogens is 6. The minimum absolute atomic E-state index is 0.000187. The van der Waals surface area contributed by atoms with E-state index < -0.39 is 52.4 Å². The fraction of sp³-hybridized carbons (Fsp3) is 0.276. The molecule has 41 heavy (non-hydrogen) atoms. The Morgan fingerprint density at radius 2 is 1.37 bits per heavy atom. The number of alkyl halides is 6. The largest absolute Gasteiger partial charge is 0.416 e. The molecule has 2 saturated heterocycles. The molecular formula is C29H23F6N3O3. The molecule has 0 radical (unpaired) electrons. The number of hydrogen-bond donors (Lipinski definition) is 1. The Bertz CT molecular complexity index is 1460. The van der Waals surface area contributed by atoms with Gasteiger partial charge in [0.05, 0.1) is 17.7 Å². The molecule has 4 amide bonds. The van der Waals surface area contributed by atoms with Crippen molar-refractivity contribution in [3.05, 3.63) is 95.1 Å². The molecule has 2 aliphatic heterocycles. The maximum absolute atomic E-state index is 13.4. The van der Waals surface area contributed by atoms with Gasteiger partial charge in [-0.2, -0.15) is 26.3 Å². The summed E-state index contributed by atoms with van der Waals surface area (Å²) in [5, 5.41) is 2.69. The van der Waals surface area contributed by atoms with E-state index in [2.05, 4.69) is 5.32 Å². The topological polar surface area (TPSA) is 69.7 Å². The molecule has 0 bridgehead atoms. The Morgan fingerprint density at radius 1 is 0.780 bits per heavy atom. The van der Waals surface area contributed by atoms with Gasteiger partial charge in [-0.15, -0.1) is 0 Å². The van der Waals surface area contributed by atoms with Crippen molar-refractivity contribution in [3.8, 4) is 11.1 Å². The van der Waals surface area contributed by atoms with Crippen molar-refractivity contribution in [3.63, 3.8) is 0 Å². The van der Waals surface area contributed by atoms with Crippen LogP contribution in [-0.4, -0.2) is 46.3 Å². The fourth-order valence-corrected chi connectivity index (χ4v) is 5.17. The highest BCUT2D eigenvalue weighted by Crippen LogP contribution is 2.37. The van der Waals surface area contributed by atoms with Gasteiger partial charge < -0.3 is 10.2 Å². The molecule has 0 aliphatic carbocycles. The quantitative estimate of drug-likeness (QED) is 0.301. The number of carbonyl (C=O) groups is 3. The predicted octanol–water partition coefficient (Wildman–Crippen LogP) is 6.12. The van der Waals surface area contributed by atoms with Crippen LogP contribution in [0.5, 0.6) is 0 Å². The average molecular weight is 576 g/mol. The zero-order chi connectivity index (χ0) is 29.6. The zero-order valence-electron chi connectivity index (χ0n) is 21.4. The lowest BCUT2D eigenvalue weighted by Gasteiger charge is -2.37. The van der Waals surface area contributed by atoms with Crippen LogP contribution in [0.25, 0.3) is 11.1 Å². The van der Waals surface area contributed by atoms with Crippen LogP contribution in [0.3, 0.4) is 0 Å². The summed E-state index contributed by atoms with van der Waals surface area (Å²) in [6.07, 6.45) is -10.3. The summed E-state index contributed by atoms with van der Waals surface area (Å²) in [5.41, 5.74) is -2.68. The Kier molecular flexibility index (Phi) is 7.04. The summed E-state index contributed by atoms with van der Waals surface area (Å²) >= 11 is 0. The molecule has 214 valence electrons. The van der Waals surface area contributed by atoms with Gasteiger partial charge >= 0.3 is 18.4 Å². The van der Waals surface area contributed by atoms with Gasteiger partial charge in [0.15, 0.2) is 0 Å². The van der Waals surface area contributed by atoms with Crippen LogP contribution in [0, 0.1) is 0 Å². The van der Waals surface area contributed by atoms with Crippen molar-refractivity contribution in [1.82, 2.24) is 15.1 Å². The molecule has 1 spiro atoms. The second-order valence-electron chi connectivity index (χ2n) is 10.1. The molecule has 2 fully saturated rings. The minimum atomic E-state index is -5.09. The van der Waals surface area contributed by atoms with Crippen molar-refractivity contribution in [1.29, 1.82) is 0 Å². The number of nitrogens with one attached hydrogen (secondary N) is 1. The van der Waals surface area contributed by atoms with Crippen LogP contribution in [0.4, 0.5) is 31.1 Å². The van der Waals surface area contributed by atoms with E-state index in [0.29, 0.717) is 17.7 Å². The Morgan fingerprint density at radius 3 is 1.95 bits per heavy atom. The van der Waals surface area contributed by atoms with Crippen LogP contribution >= 0.6 is 0 Å². The van der Waals surface area contributed by atoms with Gasteiger partial charge in [-0.25, -0.2) is 4.79 Å². The minimum Gasteiger partial charge on any atom is -0.338 e. The number of imide groups is 1. The van der Waals surface area contributed by atoms with Gasteiger partial charge in [0, 0.05) is 18.7 Å². The van der Waals surface area contributed by atoms with Gasteiger partial charge in [0.2, 0.25) is 0 Å². The molecule has 1 N–H and O–H groups in total. The zero-order valence-corrected chi connectivity index (χ0v) is 21.4. The normalized spacial score (nSPS) is 17.2. The summed E-state index contributed by atoms with van der Waals surface area (Å²) in [4.78, 5) is 41.3. The maximum atomic E-state index is 13.4. The molecule has 3 aromatic carbocycles. The highest BCUT2D eigenvalue weighted by Gasteiger charge is 2.52. The van der Waals surface area contributed by atoms with E-state index >= 15 is 0 Å². The predicted molar refractivity (Wildman–Crippen MR) is 135 cm³/mol. The van der Waals surface area contributed by atoms with Crippen molar-refractivity contribution in [2.75, 3.05) is 13.1 Å². The van der Waals surface area contributed by atoms with E-state index in [9.17, 15) is 40.7 Å². The van der Waals surface area contributed by atoms with E-state index in [-0.39, 0.29) is 38.5 Å². The SMILES string of the molecule is O=C(c1cc(C(F)(F)F)cc(C(F)(F)F)c1)N1CCC2(CC1)NC(=O)N(Cc1cccc(-c3ccccc3)c1)C2=O. The fourth-order valence-electron chi connectivity index (χ4n) is 5.17. The number of amides is 4. The molecule has 2 heterocycles. The second-order valence-corrected chi connectivity index (χ2v) is 10.1. The van der Waals surface area contributed by atoms with Gasteiger partial charge in [-0.1, -0.05) is 48.5 Å². The number of urea groups is 1. The number of carbonyl (C=O) groups excluding carboxylic acids is 3. The first-order chi connectivity index (χ1) is 19.3. The third kappa shape index (κ3) is 5.63. The van der Waals surface area contributed by atoms with Gasteiger partial charge in [-0.05, 0) is 53.8 Å². The molecule has 0 saturated carbocycles. The molecule has 3 aromatic rings. The van der Waals surface area contributed by atoms with Crippen LogP contribution in [-0.2, 0) is 23.7 Å². The standard InChI is InChI=1S/C29H23F6N3O3/c30-28(31,32)22-14-21(15-23(16-22)29(33,34)35)24(39)37-11-9-27(10-12-37)25(40)38(26(41)36-27)17-18-5-4-8-20(13-18)19-6-2-1-3-7-19/h1-8,13-16H,9-12,17H2,(H,36,41). The van der Waals surface area contributed by atoms with E-state index in [1.54, 1.807) is 6.07 Å². The maximum Gasteiger partial charge on any atom is 0.416 e. The second kappa shape index (κ2) is 10.2. The van der Waals surface area contributed by atoms with Crippen LogP contribution in [0.1, 0.15) is 39.9 Å². The molecule has 0 unspecified atom stereocenters. The molecule has 6 nitrogen and oxygen atoms in total. The highest BCUT2D eigenvalue weighted by atomic mass is 19.4. The number of rotatable bonds is 4. The molecule has 12 heteroatoms. The Labute approximate surface area is 230 Å². The third-order valence-corrected chi connectivity index (χ3v) is 7.36. The number of benzene rings is 3. The Hall–Kier alpha value is -4.35. The van der Waals surface area contributed by atoms with E-state index in [4.69, 9.17) is 0 Å². The first-order valence-electron chi connectivity index (χ1n) is 12.6. The lowest BCUT2D eigenvalue weighted by molar-refractivity contribution is -0.143. The van der Waals surface area contributed by atoms with E-state index in [1.165, 1.54) is 0 Å². The van der Waals surface area contributed by atoms with Crippen LogP contribution in [0.2, 0.25) is 0 Å². The summed E-state index contributed by atoms with van der Waals surface area (Å²) in [7, 11) is 0. The Balaban J connectivity index is 1.30. The van der Waals surface area contributed by atoms with E-state index in [1.807, 2.05) is 48.5 Å². The lowest BCUT2D eigenvalue weighted by Crippen LogP contribution is -2.55. The molecular weight excluding hydrogens is 552 g/mol. The summed E-state index contributed by atoms with van der Waals surface area (Å²) < 4.78 is 79.5. The first kappa shape index (κ1) is 28.2. The lowest BCUT2D eigenvalue weighted by atomic mass is 9.87. The number of piperidine rings is 1. The number of nitrogens with zero attached hydrogens (tertiary/aromatic N) is 2. The molecule has 2 aliphatic rings. The third-order valence-electron chi connectivity index (χ3n) is 7.36. The first-order valence-corrected chi connectivity index (χ1v) is 12.6. The van der Waals surface area contributed by atoms with Crippen molar-refractivity contribution >= 4 is 17.8 Å². The monoisotopic (exact) mass is 575 g/mol. The highest BCUT2D eigenvalue weighted by molar-refractivity contribution is 6.07. The number of hydrogen-bond acceptors (Lipinski definition) is 3. The van der Waals surface area contributed by atoms with E-state index in [0.717, 1.165) is 20.9 Å². The van der Waals surface area contributed by atoms with Crippen LogP contribution in [0.15, 0.2) is 72.8 Å². The van der Waals surface area contributed by atoms with Gasteiger partial charge in [-0.3, -0.25) is 14.5 Å². The van der Waals surface area contributed by atoms with Crippen molar-refractivity contribution < 1.29 is 40.7 Å². The van der Waals surface area contributed by atoms with Crippen LogP contribution < -0.4 is 5.32 Å². The van der Waals surface area contributed by atoms with Gasteiger partial charge in [0.25, 0.3) is 11.8 Å². The molecule has 0 aromatic heterocycles. The summed E-state index contributed by atoms with van der Waals surface area (Å²) in [6, 6.07) is 17.0. The van der Waals surface area contributed by atoms with Gasteiger partial charge in [0.1, 0.15) is 5.54 Å². The molecule has 5 rings (SSSR count). The van der Waals surface area contributed by atoms with Crippen molar-refractivity contribution in [2.24, 2.45) is 0 Å².